The number of rotatable bonds is 2. The van der Waals surface area contributed by atoms with E-state index in [1.165, 1.54) is 6.07 Å². The topological polar surface area (TPSA) is 41.8 Å². The summed E-state index contributed by atoms with van der Waals surface area (Å²) in [7, 11) is 0. The Balaban J connectivity index is 2.46. The van der Waals surface area contributed by atoms with Gasteiger partial charge < -0.3 is 10.7 Å². The first kappa shape index (κ1) is 8.97. The molecular formula is C11H11FN2. The lowest BCUT2D eigenvalue weighted by Crippen LogP contribution is -1.99. The third kappa shape index (κ3) is 1.54. The van der Waals surface area contributed by atoms with Gasteiger partial charge in [0.1, 0.15) is 5.82 Å². The lowest BCUT2D eigenvalue weighted by Gasteiger charge is -2.03. The van der Waals surface area contributed by atoms with E-state index in [4.69, 9.17) is 5.73 Å². The molecule has 3 heteroatoms. The van der Waals surface area contributed by atoms with Gasteiger partial charge in [0.2, 0.25) is 0 Å². The van der Waals surface area contributed by atoms with E-state index in [0.29, 0.717) is 5.56 Å². The van der Waals surface area contributed by atoms with Crippen molar-refractivity contribution in [2.24, 2.45) is 5.73 Å². The van der Waals surface area contributed by atoms with Crippen LogP contribution in [-0.2, 0) is 6.54 Å². The zero-order valence-corrected chi connectivity index (χ0v) is 7.63. The maximum absolute atomic E-state index is 13.1. The van der Waals surface area contributed by atoms with Crippen LogP contribution in [0.15, 0.2) is 36.5 Å². The molecule has 0 unspecified atom stereocenters. The summed E-state index contributed by atoms with van der Waals surface area (Å²) < 4.78 is 13.1. The van der Waals surface area contributed by atoms with Gasteiger partial charge in [-0.1, -0.05) is 0 Å². The summed E-state index contributed by atoms with van der Waals surface area (Å²) in [5.41, 5.74) is 7.89. The predicted molar refractivity (Wildman–Crippen MR) is 54.1 cm³/mol. The van der Waals surface area contributed by atoms with Crippen LogP contribution in [0, 0.1) is 5.82 Å². The molecule has 2 aromatic rings. The molecule has 1 heterocycles. The van der Waals surface area contributed by atoms with Gasteiger partial charge in [-0.25, -0.2) is 4.39 Å². The Kier molecular flexibility index (Phi) is 2.33. The number of aromatic amines is 1. The molecule has 0 aliphatic carbocycles. The molecule has 14 heavy (non-hydrogen) atoms. The number of hydrogen-bond donors (Lipinski definition) is 2. The van der Waals surface area contributed by atoms with Gasteiger partial charge in [0.25, 0.3) is 0 Å². The lowest BCUT2D eigenvalue weighted by molar-refractivity contribution is 0.611. The smallest absolute Gasteiger partial charge is 0.127 e. The van der Waals surface area contributed by atoms with Gasteiger partial charge in [0.05, 0.1) is 0 Å². The van der Waals surface area contributed by atoms with Crippen LogP contribution in [0.1, 0.15) is 5.56 Å². The third-order valence-corrected chi connectivity index (χ3v) is 2.17. The van der Waals surface area contributed by atoms with E-state index in [2.05, 4.69) is 4.98 Å². The first-order valence-corrected chi connectivity index (χ1v) is 4.43. The van der Waals surface area contributed by atoms with E-state index in [9.17, 15) is 4.39 Å². The Morgan fingerprint density at radius 3 is 2.79 bits per heavy atom. The van der Waals surface area contributed by atoms with Crippen molar-refractivity contribution in [3.05, 3.63) is 47.9 Å². The summed E-state index contributed by atoms with van der Waals surface area (Å²) >= 11 is 0. The molecule has 2 nitrogen and oxygen atoms in total. The SMILES string of the molecule is NCc1cc(-c2ccc[nH]2)ccc1F. The second-order valence-corrected chi connectivity index (χ2v) is 3.09. The van der Waals surface area contributed by atoms with Crippen LogP contribution in [0.3, 0.4) is 0 Å². The van der Waals surface area contributed by atoms with Gasteiger partial charge in [0.15, 0.2) is 0 Å². The predicted octanol–water partition coefficient (Wildman–Crippen LogP) is 2.28. The van der Waals surface area contributed by atoms with E-state index in [-0.39, 0.29) is 12.4 Å². The fourth-order valence-corrected chi connectivity index (χ4v) is 1.41. The number of aromatic nitrogens is 1. The van der Waals surface area contributed by atoms with Crippen LogP contribution in [0.2, 0.25) is 0 Å². The van der Waals surface area contributed by atoms with E-state index < -0.39 is 0 Å². The third-order valence-electron chi connectivity index (χ3n) is 2.17. The number of H-pyrrole nitrogens is 1. The molecule has 1 aromatic heterocycles. The molecule has 0 fully saturated rings. The molecule has 0 radical (unpaired) electrons. The Hall–Kier alpha value is -1.61. The van der Waals surface area contributed by atoms with Gasteiger partial charge in [-0.2, -0.15) is 0 Å². The van der Waals surface area contributed by atoms with Crippen molar-refractivity contribution in [1.29, 1.82) is 0 Å². The van der Waals surface area contributed by atoms with Crippen LogP contribution in [0.25, 0.3) is 11.3 Å². The highest BCUT2D eigenvalue weighted by atomic mass is 19.1. The van der Waals surface area contributed by atoms with Gasteiger partial charge in [-0.3, -0.25) is 0 Å². The molecule has 72 valence electrons. The largest absolute Gasteiger partial charge is 0.361 e. The summed E-state index contributed by atoms with van der Waals surface area (Å²) in [5, 5.41) is 0. The number of nitrogens with one attached hydrogen (secondary N) is 1. The standard InChI is InChI=1S/C11H11FN2/c12-10-4-3-8(6-9(10)7-13)11-2-1-5-14-11/h1-6,14H,7,13H2. The Morgan fingerprint density at radius 1 is 1.29 bits per heavy atom. The summed E-state index contributed by atoms with van der Waals surface area (Å²) in [4.78, 5) is 3.06. The number of halogens is 1. The van der Waals surface area contributed by atoms with Crippen molar-refractivity contribution in [2.45, 2.75) is 6.54 Å². The molecule has 0 saturated heterocycles. The van der Waals surface area contributed by atoms with Crippen molar-refractivity contribution < 1.29 is 4.39 Å². The molecule has 0 atom stereocenters. The molecule has 1 aromatic carbocycles. The van der Waals surface area contributed by atoms with Crippen molar-refractivity contribution in [3.63, 3.8) is 0 Å². The minimum atomic E-state index is -0.247. The van der Waals surface area contributed by atoms with Crippen molar-refractivity contribution >= 4 is 0 Å². The van der Waals surface area contributed by atoms with Crippen molar-refractivity contribution in [3.8, 4) is 11.3 Å². The van der Waals surface area contributed by atoms with E-state index in [0.717, 1.165) is 11.3 Å². The number of benzene rings is 1. The average molecular weight is 190 g/mol. The van der Waals surface area contributed by atoms with Gasteiger partial charge >= 0.3 is 0 Å². The molecule has 0 bridgehead atoms. The number of hydrogen-bond acceptors (Lipinski definition) is 1. The fraction of sp³-hybridized carbons (Fsp3) is 0.0909. The first-order valence-electron chi connectivity index (χ1n) is 4.43. The summed E-state index contributed by atoms with van der Waals surface area (Å²) in [6.07, 6.45) is 1.83. The van der Waals surface area contributed by atoms with Gasteiger partial charge in [-0.15, -0.1) is 0 Å². The quantitative estimate of drug-likeness (QED) is 0.749. The van der Waals surface area contributed by atoms with Crippen LogP contribution in [0.4, 0.5) is 4.39 Å². The first-order chi connectivity index (χ1) is 6.81. The summed E-state index contributed by atoms with van der Waals surface area (Å²) in [5.74, 6) is -0.247. The molecule has 0 spiro atoms. The molecule has 0 amide bonds. The van der Waals surface area contributed by atoms with Crippen molar-refractivity contribution in [1.82, 2.24) is 4.98 Å². The minimum absolute atomic E-state index is 0.223. The lowest BCUT2D eigenvalue weighted by atomic mass is 10.1. The van der Waals surface area contributed by atoms with Gasteiger partial charge in [0, 0.05) is 24.0 Å². The highest BCUT2D eigenvalue weighted by Gasteiger charge is 2.03. The number of nitrogens with two attached hydrogens (primary N) is 1. The Labute approximate surface area is 81.6 Å². The summed E-state index contributed by atoms with van der Waals surface area (Å²) in [6, 6.07) is 8.79. The van der Waals surface area contributed by atoms with Crippen LogP contribution >= 0.6 is 0 Å². The highest BCUT2D eigenvalue weighted by molar-refractivity contribution is 5.60. The zero-order chi connectivity index (χ0) is 9.97. The normalized spacial score (nSPS) is 10.4. The zero-order valence-electron chi connectivity index (χ0n) is 7.63. The second-order valence-electron chi connectivity index (χ2n) is 3.09. The monoisotopic (exact) mass is 190 g/mol. The molecule has 0 saturated carbocycles. The molecule has 3 N–H and O–H groups in total. The van der Waals surface area contributed by atoms with Crippen LogP contribution in [-0.4, -0.2) is 4.98 Å². The minimum Gasteiger partial charge on any atom is -0.361 e. The van der Waals surface area contributed by atoms with Crippen LogP contribution in [0.5, 0.6) is 0 Å². The van der Waals surface area contributed by atoms with E-state index in [1.54, 1.807) is 12.1 Å². The molecule has 0 aliphatic rings. The Morgan fingerprint density at radius 2 is 2.14 bits per heavy atom. The molecular weight excluding hydrogens is 179 g/mol. The van der Waals surface area contributed by atoms with Crippen LogP contribution < -0.4 is 5.73 Å². The highest BCUT2D eigenvalue weighted by Crippen LogP contribution is 2.19. The molecule has 0 aliphatic heterocycles. The maximum Gasteiger partial charge on any atom is 0.127 e. The maximum atomic E-state index is 13.1. The Bertz CT molecular complexity index is 421. The van der Waals surface area contributed by atoms with E-state index >= 15 is 0 Å². The second kappa shape index (κ2) is 3.64. The van der Waals surface area contributed by atoms with Crippen molar-refractivity contribution in [2.75, 3.05) is 0 Å². The van der Waals surface area contributed by atoms with E-state index in [1.807, 2.05) is 18.3 Å². The average Bonchev–Trinajstić information content (AvgIpc) is 2.71. The molecule has 2 rings (SSSR count). The van der Waals surface area contributed by atoms with Gasteiger partial charge in [-0.05, 0) is 35.9 Å². The summed E-state index contributed by atoms with van der Waals surface area (Å²) in [6.45, 7) is 0.223. The fourth-order valence-electron chi connectivity index (χ4n) is 1.41.